The monoisotopic (exact) mass is 220 g/mol. The zero-order valence-corrected chi connectivity index (χ0v) is 10.1. The van der Waals surface area contributed by atoms with Gasteiger partial charge in [0.05, 0.1) is 5.69 Å². The molecule has 1 aromatic heterocycles. The largest absolute Gasteiger partial charge is 0.351 e. The highest BCUT2D eigenvalue weighted by Crippen LogP contribution is 2.24. The molecular weight excluding hydrogens is 200 g/mol. The maximum absolute atomic E-state index is 4.47. The van der Waals surface area contributed by atoms with Crippen LogP contribution < -0.4 is 10.2 Å². The number of nitrogens with zero attached hydrogens (tertiary/aromatic N) is 3. The summed E-state index contributed by atoms with van der Waals surface area (Å²) in [5.41, 5.74) is 1.03. The zero-order chi connectivity index (χ0) is 11.4. The van der Waals surface area contributed by atoms with E-state index in [4.69, 9.17) is 0 Å². The van der Waals surface area contributed by atoms with Crippen LogP contribution in [0.3, 0.4) is 0 Å². The predicted octanol–water partition coefficient (Wildman–Crippen LogP) is 1.36. The average molecular weight is 220 g/mol. The Morgan fingerprint density at radius 3 is 2.94 bits per heavy atom. The van der Waals surface area contributed by atoms with Crippen LogP contribution >= 0.6 is 0 Å². The highest BCUT2D eigenvalue weighted by atomic mass is 15.2. The molecule has 1 atom stereocenters. The second kappa shape index (κ2) is 5.25. The fourth-order valence-corrected chi connectivity index (χ4v) is 2.41. The van der Waals surface area contributed by atoms with Crippen LogP contribution in [0.4, 0.5) is 5.82 Å². The molecule has 1 aromatic rings. The van der Waals surface area contributed by atoms with Gasteiger partial charge in [0.1, 0.15) is 5.82 Å². The van der Waals surface area contributed by atoms with Crippen LogP contribution in [0.5, 0.6) is 0 Å². The lowest BCUT2D eigenvalue weighted by atomic mass is 10.0. The van der Waals surface area contributed by atoms with Gasteiger partial charge in [0.2, 0.25) is 0 Å². The van der Waals surface area contributed by atoms with Gasteiger partial charge in [-0.05, 0) is 33.2 Å². The maximum atomic E-state index is 4.47. The van der Waals surface area contributed by atoms with E-state index in [9.17, 15) is 0 Å². The molecule has 0 aliphatic carbocycles. The summed E-state index contributed by atoms with van der Waals surface area (Å²) in [6.07, 6.45) is 7.37. The Hall–Kier alpha value is -1.16. The highest BCUT2D eigenvalue weighted by Gasteiger charge is 2.24. The molecule has 1 saturated heterocycles. The standard InChI is InChI=1S/C12H20N4/c1-10-12(15-7-6-14-10)16-8-4-3-5-11(16)9-13-2/h6-7,11,13H,3-5,8-9H2,1-2H3. The summed E-state index contributed by atoms with van der Waals surface area (Å²) in [5, 5.41) is 3.27. The molecule has 1 N–H and O–H groups in total. The molecule has 1 aliphatic heterocycles. The van der Waals surface area contributed by atoms with E-state index in [1.807, 2.05) is 14.0 Å². The molecular formula is C12H20N4. The van der Waals surface area contributed by atoms with Crippen molar-refractivity contribution in [1.29, 1.82) is 0 Å². The Morgan fingerprint density at radius 1 is 1.38 bits per heavy atom. The summed E-state index contributed by atoms with van der Waals surface area (Å²) < 4.78 is 0. The quantitative estimate of drug-likeness (QED) is 0.835. The lowest BCUT2D eigenvalue weighted by molar-refractivity contribution is 0.442. The molecule has 1 unspecified atom stereocenters. The Balaban J connectivity index is 2.19. The first-order valence-electron chi connectivity index (χ1n) is 6.02. The topological polar surface area (TPSA) is 41.0 Å². The van der Waals surface area contributed by atoms with Gasteiger partial charge in [-0.2, -0.15) is 0 Å². The molecule has 1 aliphatic rings. The van der Waals surface area contributed by atoms with Crippen molar-refractivity contribution in [2.45, 2.75) is 32.2 Å². The third kappa shape index (κ3) is 2.32. The van der Waals surface area contributed by atoms with Gasteiger partial charge < -0.3 is 10.2 Å². The van der Waals surface area contributed by atoms with Gasteiger partial charge in [-0.25, -0.2) is 4.98 Å². The van der Waals surface area contributed by atoms with E-state index >= 15 is 0 Å². The van der Waals surface area contributed by atoms with E-state index in [0.717, 1.165) is 24.6 Å². The summed E-state index contributed by atoms with van der Waals surface area (Å²) >= 11 is 0. The number of piperidine rings is 1. The average Bonchev–Trinajstić information content (AvgIpc) is 2.31. The minimum Gasteiger partial charge on any atom is -0.351 e. The molecule has 2 heterocycles. The number of hydrogen-bond donors (Lipinski definition) is 1. The summed E-state index contributed by atoms with van der Waals surface area (Å²) in [4.78, 5) is 11.2. The van der Waals surface area contributed by atoms with Gasteiger partial charge in [0.25, 0.3) is 0 Å². The molecule has 16 heavy (non-hydrogen) atoms. The maximum Gasteiger partial charge on any atom is 0.150 e. The Bertz CT molecular complexity index is 338. The fraction of sp³-hybridized carbons (Fsp3) is 0.667. The molecule has 2 rings (SSSR count). The normalized spacial score (nSPS) is 21.1. The Kier molecular flexibility index (Phi) is 3.72. The van der Waals surface area contributed by atoms with Crippen molar-refractivity contribution in [2.75, 3.05) is 25.0 Å². The van der Waals surface area contributed by atoms with Gasteiger partial charge in [-0.1, -0.05) is 0 Å². The molecule has 0 aromatic carbocycles. The number of hydrogen-bond acceptors (Lipinski definition) is 4. The third-order valence-electron chi connectivity index (χ3n) is 3.19. The molecule has 0 amide bonds. The number of anilines is 1. The molecule has 1 fully saturated rings. The highest BCUT2D eigenvalue weighted by molar-refractivity contribution is 5.44. The van der Waals surface area contributed by atoms with Crippen LogP contribution in [0, 0.1) is 6.92 Å². The second-order valence-electron chi connectivity index (χ2n) is 4.37. The van der Waals surface area contributed by atoms with Gasteiger partial charge in [0, 0.05) is 31.5 Å². The number of nitrogens with one attached hydrogen (secondary N) is 1. The van der Waals surface area contributed by atoms with Crippen LogP contribution in [-0.2, 0) is 0 Å². The number of aromatic nitrogens is 2. The molecule has 4 nitrogen and oxygen atoms in total. The summed E-state index contributed by atoms with van der Waals surface area (Å²) in [6, 6.07) is 0.564. The van der Waals surface area contributed by atoms with Crippen LogP contribution in [0.2, 0.25) is 0 Å². The molecule has 88 valence electrons. The Morgan fingerprint density at radius 2 is 2.19 bits per heavy atom. The van der Waals surface area contributed by atoms with E-state index in [1.165, 1.54) is 19.3 Å². The van der Waals surface area contributed by atoms with Crippen molar-refractivity contribution in [1.82, 2.24) is 15.3 Å². The van der Waals surface area contributed by atoms with Gasteiger partial charge in [0.15, 0.2) is 0 Å². The van der Waals surface area contributed by atoms with E-state index < -0.39 is 0 Å². The SMILES string of the molecule is CNCC1CCCCN1c1nccnc1C. The number of rotatable bonds is 3. The minimum atomic E-state index is 0.564. The first kappa shape index (κ1) is 11.3. The van der Waals surface area contributed by atoms with E-state index in [-0.39, 0.29) is 0 Å². The summed E-state index contributed by atoms with van der Waals surface area (Å²) in [7, 11) is 2.01. The van der Waals surface area contributed by atoms with Crippen LogP contribution in [0.15, 0.2) is 12.4 Å². The van der Waals surface area contributed by atoms with Crippen molar-refractivity contribution in [3.05, 3.63) is 18.1 Å². The van der Waals surface area contributed by atoms with Gasteiger partial charge >= 0.3 is 0 Å². The summed E-state index contributed by atoms with van der Waals surface area (Å²) in [6.45, 7) is 4.16. The fourth-order valence-electron chi connectivity index (χ4n) is 2.41. The predicted molar refractivity (Wildman–Crippen MR) is 65.7 cm³/mol. The lowest BCUT2D eigenvalue weighted by Crippen LogP contribution is -2.45. The van der Waals surface area contributed by atoms with Crippen molar-refractivity contribution >= 4 is 5.82 Å². The van der Waals surface area contributed by atoms with Crippen LogP contribution in [0.25, 0.3) is 0 Å². The van der Waals surface area contributed by atoms with Crippen molar-refractivity contribution < 1.29 is 0 Å². The molecule has 0 spiro atoms. The van der Waals surface area contributed by atoms with Crippen LogP contribution in [0.1, 0.15) is 25.0 Å². The molecule has 0 bridgehead atoms. The van der Waals surface area contributed by atoms with Crippen molar-refractivity contribution in [3.63, 3.8) is 0 Å². The molecule has 0 radical (unpaired) electrons. The van der Waals surface area contributed by atoms with Gasteiger partial charge in [-0.15, -0.1) is 0 Å². The minimum absolute atomic E-state index is 0.564. The van der Waals surface area contributed by atoms with Gasteiger partial charge in [-0.3, -0.25) is 4.98 Å². The smallest absolute Gasteiger partial charge is 0.150 e. The van der Waals surface area contributed by atoms with E-state index in [0.29, 0.717) is 6.04 Å². The van der Waals surface area contributed by atoms with Crippen molar-refractivity contribution in [3.8, 4) is 0 Å². The van der Waals surface area contributed by atoms with E-state index in [2.05, 4.69) is 20.2 Å². The lowest BCUT2D eigenvalue weighted by Gasteiger charge is -2.37. The molecule has 4 heteroatoms. The first-order valence-corrected chi connectivity index (χ1v) is 6.02. The summed E-state index contributed by atoms with van der Waals surface area (Å²) in [5.74, 6) is 1.06. The van der Waals surface area contributed by atoms with Crippen molar-refractivity contribution in [2.24, 2.45) is 0 Å². The zero-order valence-electron chi connectivity index (χ0n) is 10.1. The van der Waals surface area contributed by atoms with E-state index in [1.54, 1.807) is 12.4 Å². The third-order valence-corrected chi connectivity index (χ3v) is 3.19. The molecule has 0 saturated carbocycles. The van der Waals surface area contributed by atoms with Crippen LogP contribution in [-0.4, -0.2) is 36.1 Å². The number of aryl methyl sites for hydroxylation is 1. The number of likely N-dealkylation sites (N-methyl/N-ethyl adjacent to an activating group) is 1. The second-order valence-corrected chi connectivity index (χ2v) is 4.37. The Labute approximate surface area is 97.1 Å². The first-order chi connectivity index (χ1) is 7.83.